The highest BCUT2D eigenvalue weighted by Gasteiger charge is 2.61. The van der Waals surface area contributed by atoms with Gasteiger partial charge >= 0.3 is 5.97 Å². The maximum atomic E-state index is 12.5. The minimum atomic E-state index is -0.603. The van der Waals surface area contributed by atoms with Crippen LogP contribution in [0.5, 0.6) is 11.5 Å². The van der Waals surface area contributed by atoms with Crippen LogP contribution in [0.4, 0.5) is 0 Å². The van der Waals surface area contributed by atoms with Crippen LogP contribution in [0.15, 0.2) is 24.3 Å². The summed E-state index contributed by atoms with van der Waals surface area (Å²) in [7, 11) is 1.55. The van der Waals surface area contributed by atoms with Crippen LogP contribution in [-0.4, -0.2) is 36.3 Å². The molecular formula is C18H19NO5. The molecule has 2 aliphatic carbocycles. The van der Waals surface area contributed by atoms with Crippen molar-refractivity contribution >= 4 is 17.8 Å². The topological polar surface area (TPSA) is 72.9 Å². The summed E-state index contributed by atoms with van der Waals surface area (Å²) in [6.45, 7) is -0.309. The highest BCUT2D eigenvalue weighted by Crippen LogP contribution is 2.56. The molecule has 4 rings (SSSR count). The normalized spacial score (nSPS) is 30.6. The lowest BCUT2D eigenvalue weighted by molar-refractivity contribution is -0.148. The molecule has 4 atom stereocenters. The molecule has 0 N–H and O–H groups in total. The van der Waals surface area contributed by atoms with E-state index >= 15 is 0 Å². The number of amides is 2. The number of benzene rings is 1. The summed E-state index contributed by atoms with van der Waals surface area (Å²) in [4.78, 5) is 38.3. The van der Waals surface area contributed by atoms with Gasteiger partial charge < -0.3 is 9.47 Å². The van der Waals surface area contributed by atoms with Crippen molar-refractivity contribution in [3.8, 4) is 11.5 Å². The van der Waals surface area contributed by atoms with E-state index in [9.17, 15) is 14.4 Å². The third-order valence-electron chi connectivity index (χ3n) is 5.60. The number of esters is 1. The molecule has 1 saturated heterocycles. The van der Waals surface area contributed by atoms with Crippen LogP contribution in [-0.2, 0) is 14.4 Å². The van der Waals surface area contributed by atoms with Gasteiger partial charge in [0.2, 0.25) is 11.8 Å². The lowest BCUT2D eigenvalue weighted by Gasteiger charge is -2.19. The van der Waals surface area contributed by atoms with Gasteiger partial charge in [0, 0.05) is 0 Å². The van der Waals surface area contributed by atoms with E-state index in [1.165, 1.54) is 0 Å². The van der Waals surface area contributed by atoms with E-state index in [0.717, 1.165) is 24.2 Å². The number of methoxy groups -OCH3 is 1. The predicted molar refractivity (Wildman–Crippen MR) is 83.2 cm³/mol. The van der Waals surface area contributed by atoms with Gasteiger partial charge in [0.15, 0.2) is 0 Å². The Morgan fingerprint density at radius 1 is 1.04 bits per heavy atom. The van der Waals surface area contributed by atoms with E-state index in [1.54, 1.807) is 31.4 Å². The van der Waals surface area contributed by atoms with Gasteiger partial charge in [-0.2, -0.15) is 0 Å². The van der Waals surface area contributed by atoms with Crippen molar-refractivity contribution < 1.29 is 23.9 Å². The fourth-order valence-electron chi connectivity index (χ4n) is 4.56. The molecule has 1 aromatic rings. The Kier molecular flexibility index (Phi) is 3.55. The van der Waals surface area contributed by atoms with E-state index < -0.39 is 5.97 Å². The maximum Gasteiger partial charge on any atom is 0.331 e. The first-order chi connectivity index (χ1) is 11.6. The van der Waals surface area contributed by atoms with E-state index in [4.69, 9.17) is 9.47 Å². The Labute approximate surface area is 139 Å². The molecule has 0 spiro atoms. The van der Waals surface area contributed by atoms with E-state index in [0.29, 0.717) is 23.3 Å². The molecule has 24 heavy (non-hydrogen) atoms. The van der Waals surface area contributed by atoms with Crippen molar-refractivity contribution in [1.29, 1.82) is 0 Å². The molecule has 0 radical (unpaired) electrons. The molecule has 0 aromatic heterocycles. The molecule has 1 aliphatic heterocycles. The quantitative estimate of drug-likeness (QED) is 0.477. The van der Waals surface area contributed by atoms with Gasteiger partial charge in [-0.05, 0) is 55.4 Å². The zero-order chi connectivity index (χ0) is 16.8. The maximum absolute atomic E-state index is 12.5. The fraction of sp³-hybridized carbons (Fsp3) is 0.500. The largest absolute Gasteiger partial charge is 0.497 e. The number of hydrogen-bond acceptors (Lipinski definition) is 5. The number of rotatable bonds is 4. The standard InChI is InChI=1S/C18H19NO5/c1-23-12-4-6-13(7-5-12)24-14(20)9-19-17(21)15-10-2-3-11(8-10)16(15)18(19)22/h4-7,10-11,15-16H,2-3,8-9H2,1H3/t10-,11-,15-,16+/m0/s1. The molecule has 2 saturated carbocycles. The molecule has 2 bridgehead atoms. The molecule has 2 amide bonds. The molecular weight excluding hydrogens is 310 g/mol. The lowest BCUT2D eigenvalue weighted by Crippen LogP contribution is -2.38. The van der Waals surface area contributed by atoms with E-state index in [-0.39, 0.29) is 30.2 Å². The summed E-state index contributed by atoms with van der Waals surface area (Å²) >= 11 is 0. The molecule has 126 valence electrons. The van der Waals surface area contributed by atoms with Crippen LogP contribution in [0.1, 0.15) is 19.3 Å². The number of nitrogens with zero attached hydrogens (tertiary/aromatic N) is 1. The second kappa shape index (κ2) is 5.61. The van der Waals surface area contributed by atoms with Crippen molar-refractivity contribution in [2.24, 2.45) is 23.7 Å². The van der Waals surface area contributed by atoms with Gasteiger partial charge in [0.1, 0.15) is 18.0 Å². The van der Waals surface area contributed by atoms with Crippen LogP contribution in [0.25, 0.3) is 0 Å². The number of imide groups is 1. The van der Waals surface area contributed by atoms with E-state index in [2.05, 4.69) is 0 Å². The lowest BCUT2D eigenvalue weighted by atomic mass is 9.81. The molecule has 0 unspecified atom stereocenters. The zero-order valence-electron chi connectivity index (χ0n) is 13.4. The molecule has 3 aliphatic rings. The Bertz CT molecular complexity index is 670. The third-order valence-corrected chi connectivity index (χ3v) is 5.60. The molecule has 1 aromatic carbocycles. The second-order valence-electron chi connectivity index (χ2n) is 6.80. The van der Waals surface area contributed by atoms with Crippen molar-refractivity contribution in [1.82, 2.24) is 4.90 Å². The number of hydrogen-bond donors (Lipinski definition) is 0. The number of likely N-dealkylation sites (tertiary alicyclic amines) is 1. The third kappa shape index (κ3) is 2.28. The van der Waals surface area contributed by atoms with Crippen LogP contribution in [0, 0.1) is 23.7 Å². The first kappa shape index (κ1) is 15.2. The molecule has 3 fully saturated rings. The van der Waals surface area contributed by atoms with Gasteiger partial charge in [-0.3, -0.25) is 14.5 Å². The SMILES string of the molecule is COc1ccc(OC(=O)CN2C(=O)[C@@H]3[C@H]4CC[C@@H](C4)[C@@H]3C2=O)cc1. The van der Waals surface area contributed by atoms with Crippen LogP contribution in [0.2, 0.25) is 0 Å². The van der Waals surface area contributed by atoms with Crippen molar-refractivity contribution in [2.45, 2.75) is 19.3 Å². The smallest absolute Gasteiger partial charge is 0.331 e. The van der Waals surface area contributed by atoms with Gasteiger partial charge in [0.05, 0.1) is 18.9 Å². The summed E-state index contributed by atoms with van der Waals surface area (Å²) in [5, 5.41) is 0. The summed E-state index contributed by atoms with van der Waals surface area (Å²) in [6, 6.07) is 6.58. The van der Waals surface area contributed by atoms with Gasteiger partial charge in [-0.15, -0.1) is 0 Å². The Morgan fingerprint density at radius 3 is 2.12 bits per heavy atom. The molecule has 6 heteroatoms. The first-order valence-corrected chi connectivity index (χ1v) is 8.28. The fourth-order valence-corrected chi connectivity index (χ4v) is 4.56. The van der Waals surface area contributed by atoms with Crippen LogP contribution in [0.3, 0.4) is 0 Å². The Balaban J connectivity index is 1.42. The van der Waals surface area contributed by atoms with E-state index in [1.807, 2.05) is 0 Å². The molecule has 1 heterocycles. The number of carbonyl (C=O) groups excluding carboxylic acids is 3. The second-order valence-corrected chi connectivity index (χ2v) is 6.80. The average molecular weight is 329 g/mol. The number of carbonyl (C=O) groups is 3. The number of fused-ring (bicyclic) bond motifs is 5. The van der Waals surface area contributed by atoms with Gasteiger partial charge in [0.25, 0.3) is 0 Å². The van der Waals surface area contributed by atoms with Gasteiger partial charge in [-0.25, -0.2) is 4.79 Å². The van der Waals surface area contributed by atoms with Gasteiger partial charge in [-0.1, -0.05) is 0 Å². The minimum absolute atomic E-state index is 0.191. The Morgan fingerprint density at radius 2 is 1.58 bits per heavy atom. The zero-order valence-corrected chi connectivity index (χ0v) is 13.4. The van der Waals surface area contributed by atoms with Crippen molar-refractivity contribution in [3.05, 3.63) is 24.3 Å². The average Bonchev–Trinajstić information content (AvgIpc) is 3.25. The minimum Gasteiger partial charge on any atom is -0.497 e. The summed E-state index contributed by atoms with van der Waals surface area (Å²) in [5.74, 6) is 0.262. The molecule has 6 nitrogen and oxygen atoms in total. The highest BCUT2D eigenvalue weighted by atomic mass is 16.5. The monoisotopic (exact) mass is 329 g/mol. The van der Waals surface area contributed by atoms with Crippen LogP contribution < -0.4 is 9.47 Å². The predicted octanol–water partition coefficient (Wildman–Crippen LogP) is 1.63. The first-order valence-electron chi connectivity index (χ1n) is 8.28. The highest BCUT2D eigenvalue weighted by molar-refractivity contribution is 6.07. The summed E-state index contributed by atoms with van der Waals surface area (Å²) in [6.07, 6.45) is 3.03. The van der Waals surface area contributed by atoms with Crippen molar-refractivity contribution in [2.75, 3.05) is 13.7 Å². The van der Waals surface area contributed by atoms with Crippen molar-refractivity contribution in [3.63, 3.8) is 0 Å². The summed E-state index contributed by atoms with van der Waals surface area (Å²) in [5.41, 5.74) is 0. The Hall–Kier alpha value is -2.37. The summed E-state index contributed by atoms with van der Waals surface area (Å²) < 4.78 is 10.3. The number of ether oxygens (including phenoxy) is 2. The van der Waals surface area contributed by atoms with Crippen LogP contribution >= 0.6 is 0 Å².